The van der Waals surface area contributed by atoms with Crippen LogP contribution in [-0.2, 0) is 9.84 Å². The fourth-order valence-corrected chi connectivity index (χ4v) is 6.60. The van der Waals surface area contributed by atoms with Gasteiger partial charge >= 0.3 is 0 Å². The van der Waals surface area contributed by atoms with Crippen molar-refractivity contribution >= 4 is 31.3 Å². The van der Waals surface area contributed by atoms with Crippen LogP contribution in [0.1, 0.15) is 32.6 Å². The SMILES string of the molecule is CCS(=O)(=O)c1ccc(-c2sc3cc(O)ccc3c2Oc2ccc(OCCC3CCCCN3)cc2)cc1. The number of piperidine rings is 1. The average molecular weight is 538 g/mol. The molecule has 4 aromatic rings. The third-order valence-corrected chi connectivity index (χ3v) is 9.61. The molecule has 3 aromatic carbocycles. The summed E-state index contributed by atoms with van der Waals surface area (Å²) in [7, 11) is -3.28. The molecule has 0 aliphatic carbocycles. The summed E-state index contributed by atoms with van der Waals surface area (Å²) in [5, 5.41) is 14.4. The first kappa shape index (κ1) is 25.6. The van der Waals surface area contributed by atoms with Crippen molar-refractivity contribution in [2.24, 2.45) is 0 Å². The summed E-state index contributed by atoms with van der Waals surface area (Å²) in [5.74, 6) is 2.38. The monoisotopic (exact) mass is 537 g/mol. The first-order chi connectivity index (χ1) is 17.9. The van der Waals surface area contributed by atoms with E-state index >= 15 is 0 Å². The van der Waals surface area contributed by atoms with E-state index in [0.29, 0.717) is 29.0 Å². The lowest BCUT2D eigenvalue weighted by Crippen LogP contribution is -2.35. The molecule has 2 N–H and O–H groups in total. The first-order valence-electron chi connectivity index (χ1n) is 12.7. The van der Waals surface area contributed by atoms with Crippen LogP contribution in [0.15, 0.2) is 71.6 Å². The van der Waals surface area contributed by atoms with Crippen molar-refractivity contribution in [3.63, 3.8) is 0 Å². The third kappa shape index (κ3) is 5.92. The Kier molecular flexibility index (Phi) is 7.69. The van der Waals surface area contributed by atoms with Crippen LogP contribution < -0.4 is 14.8 Å². The maximum atomic E-state index is 12.2. The van der Waals surface area contributed by atoms with Gasteiger partial charge in [-0.3, -0.25) is 0 Å². The molecular weight excluding hydrogens is 506 g/mol. The molecule has 0 radical (unpaired) electrons. The Bertz CT molecular complexity index is 1450. The van der Waals surface area contributed by atoms with Gasteiger partial charge in [-0.25, -0.2) is 8.42 Å². The summed E-state index contributed by atoms with van der Waals surface area (Å²) in [6.07, 6.45) is 4.74. The first-order valence-corrected chi connectivity index (χ1v) is 15.1. The van der Waals surface area contributed by atoms with Crippen molar-refractivity contribution < 1.29 is 23.0 Å². The van der Waals surface area contributed by atoms with Crippen LogP contribution in [0.4, 0.5) is 0 Å². The number of hydrogen-bond donors (Lipinski definition) is 2. The second-order valence-electron chi connectivity index (χ2n) is 9.23. The van der Waals surface area contributed by atoms with Crippen molar-refractivity contribution in [1.29, 1.82) is 0 Å². The van der Waals surface area contributed by atoms with Gasteiger partial charge in [-0.2, -0.15) is 0 Å². The second kappa shape index (κ2) is 11.1. The molecular formula is C29H31NO5S2. The molecule has 0 spiro atoms. The molecule has 0 amide bonds. The zero-order valence-electron chi connectivity index (χ0n) is 20.8. The van der Waals surface area contributed by atoms with Gasteiger partial charge in [-0.15, -0.1) is 11.3 Å². The van der Waals surface area contributed by atoms with E-state index < -0.39 is 9.84 Å². The van der Waals surface area contributed by atoms with Gasteiger partial charge in [0.05, 0.1) is 22.1 Å². The van der Waals surface area contributed by atoms with Crippen molar-refractivity contribution in [1.82, 2.24) is 5.32 Å². The van der Waals surface area contributed by atoms with Crippen LogP contribution in [0.2, 0.25) is 0 Å². The zero-order chi connectivity index (χ0) is 25.8. The minimum atomic E-state index is -3.28. The minimum absolute atomic E-state index is 0.0556. The molecule has 194 valence electrons. The topological polar surface area (TPSA) is 84.9 Å². The minimum Gasteiger partial charge on any atom is -0.508 e. The highest BCUT2D eigenvalue weighted by Crippen LogP contribution is 2.47. The van der Waals surface area contributed by atoms with E-state index in [1.807, 2.05) is 30.3 Å². The number of hydrogen-bond acceptors (Lipinski definition) is 7. The Labute approximate surface area is 221 Å². The summed E-state index contributed by atoms with van der Waals surface area (Å²) >= 11 is 1.49. The Hall–Kier alpha value is -3.07. The molecule has 1 aliphatic rings. The lowest BCUT2D eigenvalue weighted by atomic mass is 10.0. The molecule has 8 heteroatoms. The maximum Gasteiger partial charge on any atom is 0.178 e. The number of sulfone groups is 1. The summed E-state index contributed by atoms with van der Waals surface area (Å²) in [6.45, 7) is 3.40. The van der Waals surface area contributed by atoms with E-state index in [1.165, 1.54) is 30.6 Å². The lowest BCUT2D eigenvalue weighted by molar-refractivity contribution is 0.268. The van der Waals surface area contributed by atoms with Gasteiger partial charge in [0.2, 0.25) is 0 Å². The fraction of sp³-hybridized carbons (Fsp3) is 0.310. The van der Waals surface area contributed by atoms with E-state index in [-0.39, 0.29) is 11.5 Å². The predicted molar refractivity (Wildman–Crippen MR) is 149 cm³/mol. The molecule has 0 bridgehead atoms. The third-order valence-electron chi connectivity index (χ3n) is 6.67. The van der Waals surface area contributed by atoms with Crippen molar-refractivity contribution in [2.75, 3.05) is 18.9 Å². The number of phenolic OH excluding ortho intramolecular Hbond substituents is 1. The van der Waals surface area contributed by atoms with Crippen LogP contribution >= 0.6 is 11.3 Å². The maximum absolute atomic E-state index is 12.2. The molecule has 6 nitrogen and oxygen atoms in total. The van der Waals surface area contributed by atoms with E-state index in [2.05, 4.69) is 5.32 Å². The fourth-order valence-electron chi connectivity index (χ4n) is 4.54. The molecule has 1 fully saturated rings. The van der Waals surface area contributed by atoms with Crippen LogP contribution in [0.3, 0.4) is 0 Å². The molecule has 1 aromatic heterocycles. The van der Waals surface area contributed by atoms with E-state index in [9.17, 15) is 13.5 Å². The zero-order valence-corrected chi connectivity index (χ0v) is 22.4. The smallest absolute Gasteiger partial charge is 0.178 e. The highest BCUT2D eigenvalue weighted by molar-refractivity contribution is 7.91. The normalized spacial score (nSPS) is 16.1. The summed E-state index contributed by atoms with van der Waals surface area (Å²) in [5.41, 5.74) is 0.849. The van der Waals surface area contributed by atoms with Gasteiger partial charge in [0.25, 0.3) is 0 Å². The summed E-state index contributed by atoms with van der Waals surface area (Å²) in [4.78, 5) is 1.16. The number of ether oxygens (including phenoxy) is 2. The quantitative estimate of drug-likeness (QED) is 0.245. The van der Waals surface area contributed by atoms with Crippen molar-refractivity contribution in [2.45, 2.75) is 43.5 Å². The predicted octanol–water partition coefficient (Wildman–Crippen LogP) is 6.77. The molecule has 1 saturated heterocycles. The molecule has 1 aliphatic heterocycles. The van der Waals surface area contributed by atoms with Crippen LogP contribution in [-0.4, -0.2) is 38.5 Å². The molecule has 37 heavy (non-hydrogen) atoms. The van der Waals surface area contributed by atoms with Crippen LogP contribution in [0.25, 0.3) is 20.5 Å². The van der Waals surface area contributed by atoms with Crippen molar-refractivity contribution in [3.05, 3.63) is 66.7 Å². The van der Waals surface area contributed by atoms with Gasteiger partial charge in [-0.05, 0) is 86.0 Å². The molecule has 5 rings (SSSR count). The van der Waals surface area contributed by atoms with Gasteiger partial charge in [0.1, 0.15) is 17.2 Å². The van der Waals surface area contributed by atoms with Gasteiger partial charge in [0.15, 0.2) is 15.6 Å². The highest BCUT2D eigenvalue weighted by Gasteiger charge is 2.19. The number of phenols is 1. The summed E-state index contributed by atoms with van der Waals surface area (Å²) in [6, 6.07) is 20.2. The number of benzene rings is 3. The van der Waals surface area contributed by atoms with E-state index in [1.54, 1.807) is 43.3 Å². The van der Waals surface area contributed by atoms with Crippen molar-refractivity contribution in [3.8, 4) is 33.4 Å². The number of nitrogens with one attached hydrogen (secondary N) is 1. The van der Waals surface area contributed by atoms with Gasteiger partial charge < -0.3 is 19.9 Å². The van der Waals surface area contributed by atoms with Gasteiger partial charge in [-0.1, -0.05) is 25.5 Å². The Balaban J connectivity index is 1.36. The van der Waals surface area contributed by atoms with E-state index in [0.717, 1.165) is 39.2 Å². The van der Waals surface area contributed by atoms with Crippen LogP contribution in [0.5, 0.6) is 23.0 Å². The number of fused-ring (bicyclic) bond motifs is 1. The highest BCUT2D eigenvalue weighted by atomic mass is 32.2. The Morgan fingerprint density at radius 2 is 1.76 bits per heavy atom. The molecule has 0 saturated carbocycles. The van der Waals surface area contributed by atoms with E-state index in [4.69, 9.17) is 9.47 Å². The standard InChI is InChI=1S/C29H31NO5S2/c1-2-37(32,33)25-13-6-20(7-14-25)29-28(26-15-8-22(31)19-27(26)36-29)35-24-11-9-23(10-12-24)34-18-16-21-5-3-4-17-30-21/h6-15,19,21,30-31H,2-5,16-18H2,1H3. The molecule has 1 unspecified atom stereocenters. The summed E-state index contributed by atoms with van der Waals surface area (Å²) < 4.78 is 37.7. The Morgan fingerprint density at radius 1 is 1.00 bits per heavy atom. The van der Waals surface area contributed by atoms with Crippen LogP contribution in [0, 0.1) is 0 Å². The second-order valence-corrected chi connectivity index (χ2v) is 12.6. The average Bonchev–Trinajstić information content (AvgIpc) is 3.27. The number of thiophene rings is 1. The molecule has 1 atom stereocenters. The number of rotatable bonds is 9. The number of aromatic hydroxyl groups is 1. The lowest BCUT2D eigenvalue weighted by Gasteiger charge is -2.23. The Morgan fingerprint density at radius 3 is 2.46 bits per heavy atom. The largest absolute Gasteiger partial charge is 0.508 e. The molecule has 2 heterocycles. The van der Waals surface area contributed by atoms with Gasteiger partial charge in [0, 0.05) is 16.1 Å².